The highest BCUT2D eigenvalue weighted by Crippen LogP contribution is 2.43. The third-order valence-electron chi connectivity index (χ3n) is 14.5. The normalized spacial score (nSPS) is 14.4. The standard InChI is InChI=1S/C70H127N2O6P/c1-6-8-10-12-14-16-18-20-22-24-26-28-30-32-34-36-38-40-42-44-46-48-50-52-54-56-58-60-62-64-70(74)71-68(67-78-79(75,76)77-66-65-72(3,4)5)69(73)63-61-59-57-55-53-51-49-47-45-43-41-39-37-35-33-31-29-27-25-23-21-19-17-15-13-11-9-7-2/h8,10,14,16,20,22,26,28,32,34,38,40,53,55,61,63,68-69,73H,6-7,9,11-13,15,17-19,21,23-25,27,29-31,33,35-37,39,41-52,54,56-60,62,64-67H2,1-5H3,(H-,71,74,75,76)/p+1/b10-8-,16-14-,22-20-,28-26-,34-32-,40-38-,55-53+,63-61+. The molecule has 0 rings (SSSR count). The molecule has 0 saturated carbocycles. The molecule has 0 bridgehead atoms. The first-order valence-corrected chi connectivity index (χ1v) is 34.6. The van der Waals surface area contributed by atoms with Crippen LogP contribution in [0.5, 0.6) is 0 Å². The van der Waals surface area contributed by atoms with Crippen molar-refractivity contribution in [3.05, 3.63) is 97.2 Å². The fourth-order valence-corrected chi connectivity index (χ4v) is 10.2. The van der Waals surface area contributed by atoms with Crippen LogP contribution in [0.15, 0.2) is 97.2 Å². The van der Waals surface area contributed by atoms with E-state index in [9.17, 15) is 19.4 Å². The van der Waals surface area contributed by atoms with E-state index in [0.29, 0.717) is 17.4 Å². The van der Waals surface area contributed by atoms with Crippen LogP contribution in [-0.2, 0) is 18.4 Å². The van der Waals surface area contributed by atoms with Gasteiger partial charge in [-0.15, -0.1) is 0 Å². The number of aliphatic hydroxyl groups is 1. The number of phosphoric ester groups is 1. The Kier molecular flexibility index (Phi) is 58.1. The van der Waals surface area contributed by atoms with E-state index in [1.807, 2.05) is 27.2 Å². The largest absolute Gasteiger partial charge is 0.472 e. The highest BCUT2D eigenvalue weighted by molar-refractivity contribution is 7.47. The quantitative estimate of drug-likeness (QED) is 0.0243. The van der Waals surface area contributed by atoms with E-state index in [0.717, 1.165) is 83.5 Å². The molecule has 3 atom stereocenters. The van der Waals surface area contributed by atoms with Crippen molar-refractivity contribution in [1.29, 1.82) is 0 Å². The van der Waals surface area contributed by atoms with Crippen LogP contribution in [0.3, 0.4) is 0 Å². The number of hydrogen-bond acceptors (Lipinski definition) is 5. The Morgan fingerprint density at radius 2 is 0.772 bits per heavy atom. The molecule has 0 aliphatic rings. The first-order chi connectivity index (χ1) is 38.5. The molecule has 0 saturated heterocycles. The molecule has 3 N–H and O–H groups in total. The van der Waals surface area contributed by atoms with Crippen LogP contribution < -0.4 is 5.32 Å². The maximum absolute atomic E-state index is 13.0. The molecule has 0 aromatic heterocycles. The minimum absolute atomic E-state index is 0.0512. The van der Waals surface area contributed by atoms with Crippen molar-refractivity contribution in [3.63, 3.8) is 0 Å². The lowest BCUT2D eigenvalue weighted by Gasteiger charge is -2.25. The van der Waals surface area contributed by atoms with E-state index < -0.39 is 20.0 Å². The Bertz CT molecular complexity index is 1610. The van der Waals surface area contributed by atoms with E-state index in [1.165, 1.54) is 186 Å². The number of quaternary nitrogens is 1. The van der Waals surface area contributed by atoms with Gasteiger partial charge in [0, 0.05) is 6.42 Å². The Morgan fingerprint density at radius 3 is 1.16 bits per heavy atom. The third-order valence-corrected chi connectivity index (χ3v) is 15.5. The van der Waals surface area contributed by atoms with Gasteiger partial charge in [-0.3, -0.25) is 13.8 Å². The average Bonchev–Trinajstić information content (AvgIpc) is 3.42. The van der Waals surface area contributed by atoms with E-state index in [2.05, 4.69) is 104 Å². The lowest BCUT2D eigenvalue weighted by Crippen LogP contribution is -2.45. The second kappa shape index (κ2) is 60.0. The molecule has 79 heavy (non-hydrogen) atoms. The molecule has 0 heterocycles. The summed E-state index contributed by atoms with van der Waals surface area (Å²) in [6.45, 7) is 4.70. The van der Waals surface area contributed by atoms with Gasteiger partial charge in [-0.1, -0.05) is 297 Å². The lowest BCUT2D eigenvalue weighted by molar-refractivity contribution is -0.870. The number of amides is 1. The van der Waals surface area contributed by atoms with Crippen molar-refractivity contribution >= 4 is 13.7 Å². The molecule has 458 valence electrons. The second-order valence-electron chi connectivity index (χ2n) is 23.5. The fraction of sp³-hybridized carbons (Fsp3) is 0.757. The highest BCUT2D eigenvalue weighted by atomic mass is 31.2. The van der Waals surface area contributed by atoms with E-state index in [-0.39, 0.29) is 19.1 Å². The van der Waals surface area contributed by atoms with Crippen molar-refractivity contribution in [2.24, 2.45) is 0 Å². The van der Waals surface area contributed by atoms with Gasteiger partial charge in [0.1, 0.15) is 13.2 Å². The van der Waals surface area contributed by atoms with Gasteiger partial charge in [0.25, 0.3) is 0 Å². The molecule has 0 aromatic carbocycles. The van der Waals surface area contributed by atoms with Crippen LogP contribution in [0.2, 0.25) is 0 Å². The highest BCUT2D eigenvalue weighted by Gasteiger charge is 2.27. The molecule has 0 radical (unpaired) electrons. The van der Waals surface area contributed by atoms with Crippen LogP contribution >= 0.6 is 7.82 Å². The zero-order valence-corrected chi connectivity index (χ0v) is 53.2. The first-order valence-electron chi connectivity index (χ1n) is 33.1. The predicted molar refractivity (Wildman–Crippen MR) is 346 cm³/mol. The summed E-state index contributed by atoms with van der Waals surface area (Å²) in [6, 6.07) is -0.874. The fourth-order valence-electron chi connectivity index (χ4n) is 9.42. The number of likely N-dealkylation sites (N-methyl/N-ethyl adjacent to an activating group) is 1. The minimum atomic E-state index is -4.37. The number of hydrogen-bond donors (Lipinski definition) is 3. The molecule has 1 amide bonds. The number of rotatable bonds is 60. The molecule has 0 fully saturated rings. The number of carbonyl (C=O) groups excluding carboxylic acids is 1. The number of carbonyl (C=O) groups is 1. The summed E-state index contributed by atoms with van der Waals surface area (Å²) in [5.41, 5.74) is 0. The van der Waals surface area contributed by atoms with Crippen molar-refractivity contribution in [1.82, 2.24) is 5.32 Å². The van der Waals surface area contributed by atoms with Crippen LogP contribution in [-0.4, -0.2) is 73.4 Å². The molecule has 0 aromatic rings. The Hall–Kier alpha value is -2.58. The van der Waals surface area contributed by atoms with Gasteiger partial charge in [0.15, 0.2) is 0 Å². The number of aliphatic hydroxyl groups excluding tert-OH is 1. The molecule has 0 aliphatic carbocycles. The van der Waals surface area contributed by atoms with E-state index in [1.54, 1.807) is 6.08 Å². The average molecular weight is 1120 g/mol. The molecule has 0 aliphatic heterocycles. The Balaban J connectivity index is 4.19. The van der Waals surface area contributed by atoms with Crippen LogP contribution in [0.25, 0.3) is 0 Å². The van der Waals surface area contributed by atoms with Gasteiger partial charge in [0.2, 0.25) is 5.91 Å². The van der Waals surface area contributed by atoms with E-state index in [4.69, 9.17) is 9.05 Å². The summed E-state index contributed by atoms with van der Waals surface area (Å²) < 4.78 is 23.8. The summed E-state index contributed by atoms with van der Waals surface area (Å²) in [4.78, 5) is 23.4. The minimum Gasteiger partial charge on any atom is -0.387 e. The molecular weight excluding hydrogens is 996 g/mol. The number of unbranched alkanes of at least 4 members (excludes halogenated alkanes) is 33. The van der Waals surface area contributed by atoms with Gasteiger partial charge in [-0.05, 0) is 83.5 Å². The lowest BCUT2D eigenvalue weighted by atomic mass is 10.0. The van der Waals surface area contributed by atoms with Crippen molar-refractivity contribution < 1.29 is 32.9 Å². The maximum atomic E-state index is 13.0. The van der Waals surface area contributed by atoms with Crippen molar-refractivity contribution in [2.75, 3.05) is 40.9 Å². The van der Waals surface area contributed by atoms with Crippen molar-refractivity contribution in [2.45, 2.75) is 302 Å². The smallest absolute Gasteiger partial charge is 0.387 e. The maximum Gasteiger partial charge on any atom is 0.472 e. The summed E-state index contributed by atoms with van der Waals surface area (Å²) >= 11 is 0. The predicted octanol–water partition coefficient (Wildman–Crippen LogP) is 20.9. The van der Waals surface area contributed by atoms with Gasteiger partial charge in [-0.25, -0.2) is 4.57 Å². The zero-order valence-electron chi connectivity index (χ0n) is 52.3. The van der Waals surface area contributed by atoms with Crippen LogP contribution in [0.4, 0.5) is 0 Å². The SMILES string of the molecule is CC/C=C\C/C=C\C/C=C\C/C=C\C/C=C\C/C=C\CCCCCCCCCCCCC(=O)NC(COP(=O)(O)OCC[N+](C)(C)C)C(O)/C=C/CC/C=C/CCCCCCCCCCCCCCCCCCCCCCCC. The summed E-state index contributed by atoms with van der Waals surface area (Å²) in [6.07, 6.45) is 86.8. The summed E-state index contributed by atoms with van der Waals surface area (Å²) in [7, 11) is 1.55. The summed E-state index contributed by atoms with van der Waals surface area (Å²) in [5, 5.41) is 14.0. The number of phosphoric acid groups is 1. The molecule has 8 nitrogen and oxygen atoms in total. The van der Waals surface area contributed by atoms with Gasteiger partial charge in [0.05, 0.1) is 39.9 Å². The first kappa shape index (κ1) is 76.4. The Morgan fingerprint density at radius 1 is 0.443 bits per heavy atom. The van der Waals surface area contributed by atoms with Crippen LogP contribution in [0, 0.1) is 0 Å². The molecule has 3 unspecified atom stereocenters. The Labute approximate surface area is 489 Å². The van der Waals surface area contributed by atoms with Crippen molar-refractivity contribution in [3.8, 4) is 0 Å². The molecule has 0 spiro atoms. The zero-order chi connectivity index (χ0) is 57.7. The number of nitrogens with one attached hydrogen (secondary N) is 1. The monoisotopic (exact) mass is 1120 g/mol. The molecular formula is C70H128N2O6P+. The van der Waals surface area contributed by atoms with Gasteiger partial charge in [-0.2, -0.15) is 0 Å². The topological polar surface area (TPSA) is 105 Å². The number of nitrogens with zero attached hydrogens (tertiary/aromatic N) is 1. The number of allylic oxidation sites excluding steroid dienone is 15. The van der Waals surface area contributed by atoms with Gasteiger partial charge >= 0.3 is 7.82 Å². The van der Waals surface area contributed by atoms with Crippen LogP contribution in [0.1, 0.15) is 290 Å². The third kappa shape index (κ3) is 62.9. The molecule has 9 heteroatoms. The van der Waals surface area contributed by atoms with Gasteiger partial charge < -0.3 is 19.8 Å². The van der Waals surface area contributed by atoms with E-state index >= 15 is 0 Å². The summed E-state index contributed by atoms with van der Waals surface area (Å²) in [5.74, 6) is -0.192. The second-order valence-corrected chi connectivity index (χ2v) is 24.9.